The molecule has 1 aromatic rings. The molecule has 0 radical (unpaired) electrons. The van der Waals surface area contributed by atoms with Crippen molar-refractivity contribution in [2.75, 3.05) is 0 Å². The van der Waals surface area contributed by atoms with E-state index in [1.54, 1.807) is 12.4 Å². The van der Waals surface area contributed by atoms with Crippen molar-refractivity contribution in [3.8, 4) is 0 Å². The van der Waals surface area contributed by atoms with Crippen LogP contribution < -0.4 is 0 Å². The molecule has 1 heterocycles. The molecule has 1 N–H and O–H groups in total. The molecule has 1 rings (SSSR count). The van der Waals surface area contributed by atoms with Crippen molar-refractivity contribution in [1.82, 2.24) is 4.98 Å². The number of pyridine rings is 1. The Morgan fingerprint density at radius 1 is 1.11 bits per heavy atom. The van der Waals surface area contributed by atoms with Crippen LogP contribution in [0.15, 0.2) is 36.7 Å². The molecule has 0 saturated carbocycles. The van der Waals surface area contributed by atoms with Crippen LogP contribution >= 0.6 is 0 Å². The second kappa shape index (κ2) is 17.4. The third kappa shape index (κ3) is 14.4. The highest BCUT2D eigenvalue weighted by Gasteiger charge is 2.03. The molecule has 0 spiro atoms. The van der Waals surface area contributed by atoms with Gasteiger partial charge in [0.25, 0.3) is 0 Å². The van der Waals surface area contributed by atoms with Crippen LogP contribution in [0.4, 0.5) is 0 Å². The number of aliphatic hydroxyl groups is 1. The Bertz CT molecular complexity index is 516. The van der Waals surface area contributed by atoms with Gasteiger partial charge in [-0.3, -0.25) is 9.78 Å². The lowest BCUT2D eigenvalue weighted by molar-refractivity contribution is -0.145. The smallest absolute Gasteiger partial charge is 0.306 e. The van der Waals surface area contributed by atoms with E-state index >= 15 is 0 Å². The molecule has 158 valence electrons. The number of unbranched alkanes of at least 4 members (excludes halogenated alkanes) is 8. The molecular weight excluding hydrogens is 350 g/mol. The largest absolute Gasteiger partial charge is 0.461 e. The summed E-state index contributed by atoms with van der Waals surface area (Å²) in [7, 11) is 0. The number of aromatic nitrogens is 1. The SMILES string of the molecule is CCCCCCC(O)C/C=C/CCCCCCCC(=O)OCc1cccnc1. The molecule has 1 unspecified atom stereocenters. The normalized spacial score (nSPS) is 12.4. The van der Waals surface area contributed by atoms with Crippen molar-refractivity contribution >= 4 is 5.97 Å². The van der Waals surface area contributed by atoms with Gasteiger partial charge in [-0.25, -0.2) is 0 Å². The number of rotatable bonds is 17. The van der Waals surface area contributed by atoms with Gasteiger partial charge in [-0.05, 0) is 38.2 Å². The Kier molecular flexibility index (Phi) is 15.2. The maximum atomic E-state index is 11.7. The number of carbonyl (C=O) groups is 1. The van der Waals surface area contributed by atoms with Crippen molar-refractivity contribution in [3.63, 3.8) is 0 Å². The first-order valence-electron chi connectivity index (χ1n) is 11.1. The van der Waals surface area contributed by atoms with E-state index in [1.165, 1.54) is 32.1 Å². The first-order chi connectivity index (χ1) is 13.7. The van der Waals surface area contributed by atoms with Gasteiger partial charge in [0.15, 0.2) is 0 Å². The predicted molar refractivity (Wildman–Crippen MR) is 115 cm³/mol. The third-order valence-electron chi connectivity index (χ3n) is 4.84. The molecule has 1 atom stereocenters. The van der Waals surface area contributed by atoms with Crippen molar-refractivity contribution in [1.29, 1.82) is 0 Å². The number of carbonyl (C=O) groups excluding carboxylic acids is 1. The minimum Gasteiger partial charge on any atom is -0.461 e. The van der Waals surface area contributed by atoms with Crippen LogP contribution in [0.3, 0.4) is 0 Å². The van der Waals surface area contributed by atoms with Gasteiger partial charge >= 0.3 is 5.97 Å². The maximum absolute atomic E-state index is 11.7. The van der Waals surface area contributed by atoms with Gasteiger partial charge in [0.05, 0.1) is 6.10 Å². The average Bonchev–Trinajstić information content (AvgIpc) is 2.72. The second-order valence-corrected chi connectivity index (χ2v) is 7.54. The zero-order valence-corrected chi connectivity index (χ0v) is 17.7. The maximum Gasteiger partial charge on any atom is 0.306 e. The van der Waals surface area contributed by atoms with Crippen molar-refractivity contribution in [3.05, 3.63) is 42.2 Å². The second-order valence-electron chi connectivity index (χ2n) is 7.54. The van der Waals surface area contributed by atoms with Crippen LogP contribution in [0, 0.1) is 0 Å². The highest BCUT2D eigenvalue weighted by molar-refractivity contribution is 5.69. The van der Waals surface area contributed by atoms with Gasteiger partial charge in [0, 0.05) is 24.4 Å². The molecule has 28 heavy (non-hydrogen) atoms. The van der Waals surface area contributed by atoms with E-state index in [0.717, 1.165) is 50.5 Å². The molecule has 0 amide bonds. The number of allylic oxidation sites excluding steroid dienone is 1. The lowest BCUT2D eigenvalue weighted by Crippen LogP contribution is -2.04. The average molecular weight is 390 g/mol. The van der Waals surface area contributed by atoms with E-state index < -0.39 is 0 Å². The van der Waals surface area contributed by atoms with Gasteiger partial charge < -0.3 is 9.84 Å². The lowest BCUT2D eigenvalue weighted by Gasteiger charge is -2.07. The fourth-order valence-corrected chi connectivity index (χ4v) is 3.08. The predicted octanol–water partition coefficient (Wildman–Crippen LogP) is 6.13. The molecule has 0 fully saturated rings. The summed E-state index contributed by atoms with van der Waals surface area (Å²) in [4.78, 5) is 15.7. The Morgan fingerprint density at radius 3 is 2.68 bits per heavy atom. The van der Waals surface area contributed by atoms with Gasteiger partial charge in [0.2, 0.25) is 0 Å². The number of hydrogen-bond acceptors (Lipinski definition) is 4. The van der Waals surface area contributed by atoms with Crippen molar-refractivity contribution in [2.24, 2.45) is 0 Å². The highest BCUT2D eigenvalue weighted by Crippen LogP contribution is 2.11. The lowest BCUT2D eigenvalue weighted by atomic mass is 10.1. The van der Waals surface area contributed by atoms with E-state index in [9.17, 15) is 9.90 Å². The van der Waals surface area contributed by atoms with Crippen LogP contribution in [-0.4, -0.2) is 22.2 Å². The molecule has 1 aromatic heterocycles. The Morgan fingerprint density at radius 2 is 1.89 bits per heavy atom. The fourth-order valence-electron chi connectivity index (χ4n) is 3.08. The molecule has 0 saturated heterocycles. The number of ether oxygens (including phenoxy) is 1. The summed E-state index contributed by atoms with van der Waals surface area (Å²) in [6.07, 6.45) is 21.2. The number of esters is 1. The quantitative estimate of drug-likeness (QED) is 0.198. The minimum atomic E-state index is -0.175. The van der Waals surface area contributed by atoms with Crippen molar-refractivity contribution in [2.45, 2.75) is 103 Å². The summed E-state index contributed by atoms with van der Waals surface area (Å²) in [6, 6.07) is 3.75. The molecule has 0 aliphatic rings. The van der Waals surface area contributed by atoms with Gasteiger partial charge in [-0.2, -0.15) is 0 Å². The van der Waals surface area contributed by atoms with Gasteiger partial charge in [-0.15, -0.1) is 0 Å². The third-order valence-corrected chi connectivity index (χ3v) is 4.84. The topological polar surface area (TPSA) is 59.4 Å². The minimum absolute atomic E-state index is 0.125. The molecule has 0 aliphatic heterocycles. The van der Waals surface area contributed by atoms with Crippen molar-refractivity contribution < 1.29 is 14.6 Å². The fraction of sp³-hybridized carbons (Fsp3) is 0.667. The van der Waals surface area contributed by atoms with E-state index in [2.05, 4.69) is 24.1 Å². The summed E-state index contributed by atoms with van der Waals surface area (Å²) in [5.41, 5.74) is 0.924. The number of hydrogen-bond donors (Lipinski definition) is 1. The van der Waals surface area contributed by atoms with E-state index in [-0.39, 0.29) is 12.1 Å². The first-order valence-corrected chi connectivity index (χ1v) is 11.1. The van der Waals surface area contributed by atoms with Crippen LogP contribution in [0.2, 0.25) is 0 Å². The summed E-state index contributed by atoms with van der Waals surface area (Å²) in [5.74, 6) is -0.125. The molecule has 4 nitrogen and oxygen atoms in total. The monoisotopic (exact) mass is 389 g/mol. The Hall–Kier alpha value is -1.68. The summed E-state index contributed by atoms with van der Waals surface area (Å²) < 4.78 is 5.25. The van der Waals surface area contributed by atoms with Crippen LogP contribution in [0.1, 0.15) is 96.0 Å². The highest BCUT2D eigenvalue weighted by atomic mass is 16.5. The Balaban J connectivity index is 1.87. The number of aliphatic hydroxyl groups excluding tert-OH is 1. The first kappa shape index (κ1) is 24.4. The standard InChI is InChI=1S/C24H39NO3/c1-2-3-4-11-16-23(26)17-12-9-7-5-6-8-10-13-18-24(27)28-21-22-15-14-19-25-20-22/h9,12,14-15,19-20,23,26H,2-8,10-11,13,16-18,21H2,1H3/b12-9+. The Labute approximate surface area is 171 Å². The molecule has 0 aliphatic carbocycles. The summed E-state index contributed by atoms with van der Waals surface area (Å²) >= 11 is 0. The zero-order chi connectivity index (χ0) is 20.3. The van der Waals surface area contributed by atoms with Crippen LogP contribution in [0.25, 0.3) is 0 Å². The number of nitrogens with zero attached hydrogens (tertiary/aromatic N) is 1. The van der Waals surface area contributed by atoms with Gasteiger partial charge in [0.1, 0.15) is 6.61 Å². The summed E-state index contributed by atoms with van der Waals surface area (Å²) in [5, 5.41) is 9.90. The van der Waals surface area contributed by atoms with E-state index in [4.69, 9.17) is 4.74 Å². The van der Waals surface area contributed by atoms with E-state index in [0.29, 0.717) is 13.0 Å². The molecule has 4 heteroatoms. The van der Waals surface area contributed by atoms with Crippen LogP contribution in [0.5, 0.6) is 0 Å². The van der Waals surface area contributed by atoms with Gasteiger partial charge in [-0.1, -0.05) is 70.1 Å². The molecule has 0 bridgehead atoms. The zero-order valence-electron chi connectivity index (χ0n) is 17.7. The van der Waals surface area contributed by atoms with E-state index in [1.807, 2.05) is 12.1 Å². The molecule has 0 aromatic carbocycles. The molecular formula is C24H39NO3. The summed E-state index contributed by atoms with van der Waals surface area (Å²) in [6.45, 7) is 2.52. The van der Waals surface area contributed by atoms with Crippen LogP contribution in [-0.2, 0) is 16.1 Å².